The molecular formula is C16H24N2O. The van der Waals surface area contributed by atoms with Crippen LogP contribution >= 0.6 is 0 Å². The van der Waals surface area contributed by atoms with E-state index in [1.165, 1.54) is 11.1 Å². The van der Waals surface area contributed by atoms with Crippen LogP contribution in [0.5, 0.6) is 0 Å². The highest BCUT2D eigenvalue weighted by Crippen LogP contribution is 2.15. The van der Waals surface area contributed by atoms with Gasteiger partial charge in [-0.1, -0.05) is 38.1 Å². The summed E-state index contributed by atoms with van der Waals surface area (Å²) in [7, 11) is 0. The maximum Gasteiger partial charge on any atom is 0.240 e. The second-order valence-electron chi connectivity index (χ2n) is 5.18. The summed E-state index contributed by atoms with van der Waals surface area (Å²) in [6, 6.07) is 8.62. The number of likely N-dealkylation sites (tertiary alicyclic amines) is 1. The molecule has 1 N–H and O–H groups in total. The van der Waals surface area contributed by atoms with E-state index in [0.717, 1.165) is 38.9 Å². The fourth-order valence-corrected chi connectivity index (χ4v) is 2.63. The predicted octanol–water partition coefficient (Wildman–Crippen LogP) is 2.35. The summed E-state index contributed by atoms with van der Waals surface area (Å²) in [5.41, 5.74) is 2.57. The molecular weight excluding hydrogens is 236 g/mol. The SMILES string of the molecule is CCNC1CCCN(Cc2ccc(CC)cc2)C1=O. The van der Waals surface area contributed by atoms with Crippen molar-refractivity contribution in [3.63, 3.8) is 0 Å². The van der Waals surface area contributed by atoms with Gasteiger partial charge in [-0.25, -0.2) is 0 Å². The monoisotopic (exact) mass is 260 g/mol. The Labute approximate surface area is 116 Å². The first kappa shape index (κ1) is 14.1. The molecule has 1 aliphatic rings. The number of hydrogen-bond donors (Lipinski definition) is 1. The standard InChI is InChI=1S/C16H24N2O/c1-3-13-7-9-14(10-8-13)12-18-11-5-6-15(16(18)19)17-4-2/h7-10,15,17H,3-6,11-12H2,1-2H3. The Morgan fingerprint density at radius 2 is 1.89 bits per heavy atom. The van der Waals surface area contributed by atoms with Crippen LogP contribution in [0.15, 0.2) is 24.3 Å². The van der Waals surface area contributed by atoms with Crippen molar-refractivity contribution >= 4 is 5.91 Å². The highest BCUT2D eigenvalue weighted by atomic mass is 16.2. The van der Waals surface area contributed by atoms with Gasteiger partial charge >= 0.3 is 0 Å². The minimum atomic E-state index is 0.0219. The molecule has 0 saturated carbocycles. The highest BCUT2D eigenvalue weighted by molar-refractivity contribution is 5.82. The van der Waals surface area contributed by atoms with Gasteiger partial charge in [0.2, 0.25) is 5.91 Å². The lowest BCUT2D eigenvalue weighted by molar-refractivity contribution is -0.136. The molecule has 2 rings (SSSR count). The maximum atomic E-state index is 12.3. The Hall–Kier alpha value is -1.35. The number of carbonyl (C=O) groups is 1. The Morgan fingerprint density at radius 1 is 1.21 bits per heavy atom. The van der Waals surface area contributed by atoms with Crippen LogP contribution < -0.4 is 5.32 Å². The van der Waals surface area contributed by atoms with Gasteiger partial charge in [-0.15, -0.1) is 0 Å². The van der Waals surface area contributed by atoms with Crippen molar-refractivity contribution < 1.29 is 4.79 Å². The minimum Gasteiger partial charge on any atom is -0.337 e. The normalized spacial score (nSPS) is 19.8. The van der Waals surface area contributed by atoms with Crippen LogP contribution in [0.2, 0.25) is 0 Å². The summed E-state index contributed by atoms with van der Waals surface area (Å²) >= 11 is 0. The zero-order chi connectivity index (χ0) is 13.7. The smallest absolute Gasteiger partial charge is 0.240 e. The molecule has 1 aliphatic heterocycles. The average Bonchev–Trinajstić information content (AvgIpc) is 2.44. The molecule has 1 aromatic carbocycles. The summed E-state index contributed by atoms with van der Waals surface area (Å²) in [6.45, 7) is 6.69. The number of carbonyl (C=O) groups excluding carboxylic acids is 1. The second-order valence-corrected chi connectivity index (χ2v) is 5.18. The number of benzene rings is 1. The van der Waals surface area contributed by atoms with Gasteiger partial charge < -0.3 is 10.2 Å². The van der Waals surface area contributed by atoms with Gasteiger partial charge in [0.15, 0.2) is 0 Å². The van der Waals surface area contributed by atoms with Crippen LogP contribution in [-0.2, 0) is 17.8 Å². The Bertz CT molecular complexity index is 411. The summed E-state index contributed by atoms with van der Waals surface area (Å²) in [4.78, 5) is 14.3. The van der Waals surface area contributed by atoms with Gasteiger partial charge in [-0.3, -0.25) is 4.79 Å². The third kappa shape index (κ3) is 3.57. The summed E-state index contributed by atoms with van der Waals surface area (Å²) in [6.07, 6.45) is 3.12. The van der Waals surface area contributed by atoms with Gasteiger partial charge in [-0.2, -0.15) is 0 Å². The maximum absolute atomic E-state index is 12.3. The number of likely N-dealkylation sites (N-methyl/N-ethyl adjacent to an activating group) is 1. The predicted molar refractivity (Wildman–Crippen MR) is 77.9 cm³/mol. The Morgan fingerprint density at radius 3 is 2.53 bits per heavy atom. The van der Waals surface area contributed by atoms with E-state index in [1.54, 1.807) is 0 Å². The summed E-state index contributed by atoms with van der Waals surface area (Å²) in [5.74, 6) is 0.257. The van der Waals surface area contributed by atoms with Gasteiger partial charge in [0.1, 0.15) is 0 Å². The van der Waals surface area contributed by atoms with E-state index in [2.05, 4.69) is 43.4 Å². The molecule has 0 aliphatic carbocycles. The average molecular weight is 260 g/mol. The molecule has 1 heterocycles. The molecule has 0 spiro atoms. The first-order valence-electron chi connectivity index (χ1n) is 7.34. The topological polar surface area (TPSA) is 32.3 Å². The fourth-order valence-electron chi connectivity index (χ4n) is 2.63. The summed E-state index contributed by atoms with van der Waals surface area (Å²) in [5, 5.41) is 3.28. The molecule has 3 nitrogen and oxygen atoms in total. The third-order valence-electron chi connectivity index (χ3n) is 3.79. The Balaban J connectivity index is 1.98. The number of nitrogens with zero attached hydrogens (tertiary/aromatic N) is 1. The molecule has 3 heteroatoms. The van der Waals surface area contributed by atoms with E-state index in [0.29, 0.717) is 0 Å². The molecule has 1 saturated heterocycles. The second kappa shape index (κ2) is 6.71. The lowest BCUT2D eigenvalue weighted by atomic mass is 10.0. The number of aryl methyl sites for hydroxylation is 1. The molecule has 1 amide bonds. The van der Waals surface area contributed by atoms with Crippen LogP contribution in [0.4, 0.5) is 0 Å². The zero-order valence-corrected chi connectivity index (χ0v) is 12.0. The molecule has 104 valence electrons. The third-order valence-corrected chi connectivity index (χ3v) is 3.79. The summed E-state index contributed by atoms with van der Waals surface area (Å²) < 4.78 is 0. The van der Waals surface area contributed by atoms with Gasteiger partial charge in [-0.05, 0) is 36.9 Å². The molecule has 1 fully saturated rings. The minimum absolute atomic E-state index is 0.0219. The molecule has 19 heavy (non-hydrogen) atoms. The molecule has 0 aromatic heterocycles. The van der Waals surface area contributed by atoms with Crippen molar-refractivity contribution in [2.24, 2.45) is 0 Å². The van der Waals surface area contributed by atoms with Gasteiger partial charge in [0, 0.05) is 13.1 Å². The van der Waals surface area contributed by atoms with E-state index in [1.807, 2.05) is 4.90 Å². The quantitative estimate of drug-likeness (QED) is 0.881. The van der Waals surface area contributed by atoms with Crippen molar-refractivity contribution in [1.82, 2.24) is 10.2 Å². The van der Waals surface area contributed by atoms with Crippen LogP contribution in [0.3, 0.4) is 0 Å². The largest absolute Gasteiger partial charge is 0.337 e. The number of piperidine rings is 1. The van der Waals surface area contributed by atoms with E-state index in [9.17, 15) is 4.79 Å². The number of amides is 1. The van der Waals surface area contributed by atoms with Crippen molar-refractivity contribution in [2.75, 3.05) is 13.1 Å². The van der Waals surface area contributed by atoms with Crippen molar-refractivity contribution in [3.8, 4) is 0 Å². The first-order valence-corrected chi connectivity index (χ1v) is 7.34. The van der Waals surface area contributed by atoms with E-state index >= 15 is 0 Å². The number of nitrogens with one attached hydrogen (secondary N) is 1. The first-order chi connectivity index (χ1) is 9.24. The molecule has 0 radical (unpaired) electrons. The number of rotatable bonds is 5. The van der Waals surface area contributed by atoms with E-state index < -0.39 is 0 Å². The van der Waals surface area contributed by atoms with Crippen LogP contribution in [0.25, 0.3) is 0 Å². The van der Waals surface area contributed by atoms with Crippen LogP contribution in [0, 0.1) is 0 Å². The lowest BCUT2D eigenvalue weighted by Crippen LogP contribution is -2.50. The van der Waals surface area contributed by atoms with Crippen molar-refractivity contribution in [2.45, 2.75) is 45.7 Å². The molecule has 1 aromatic rings. The van der Waals surface area contributed by atoms with E-state index in [4.69, 9.17) is 0 Å². The zero-order valence-electron chi connectivity index (χ0n) is 12.0. The molecule has 0 bridgehead atoms. The number of hydrogen-bond acceptors (Lipinski definition) is 2. The molecule has 1 atom stereocenters. The van der Waals surface area contributed by atoms with Gasteiger partial charge in [0.25, 0.3) is 0 Å². The van der Waals surface area contributed by atoms with Crippen LogP contribution in [0.1, 0.15) is 37.8 Å². The van der Waals surface area contributed by atoms with Gasteiger partial charge in [0.05, 0.1) is 6.04 Å². The highest BCUT2D eigenvalue weighted by Gasteiger charge is 2.27. The van der Waals surface area contributed by atoms with Crippen molar-refractivity contribution in [1.29, 1.82) is 0 Å². The lowest BCUT2D eigenvalue weighted by Gasteiger charge is -2.32. The van der Waals surface area contributed by atoms with Crippen LogP contribution in [-0.4, -0.2) is 29.9 Å². The van der Waals surface area contributed by atoms with E-state index in [-0.39, 0.29) is 11.9 Å². The van der Waals surface area contributed by atoms with Crippen molar-refractivity contribution in [3.05, 3.63) is 35.4 Å². The fraction of sp³-hybridized carbons (Fsp3) is 0.562. The Kier molecular flexibility index (Phi) is 4.97. The molecule has 1 unspecified atom stereocenters.